The van der Waals surface area contributed by atoms with Gasteiger partial charge in [-0.15, -0.1) is 0 Å². The van der Waals surface area contributed by atoms with Crippen LogP contribution in [-0.2, 0) is 11.3 Å². The van der Waals surface area contributed by atoms with E-state index in [-0.39, 0.29) is 5.91 Å². The lowest BCUT2D eigenvalue weighted by atomic mass is 10.3. The Kier molecular flexibility index (Phi) is 2.89. The summed E-state index contributed by atoms with van der Waals surface area (Å²) >= 11 is 0. The minimum atomic E-state index is 0.178. The van der Waals surface area contributed by atoms with Crippen molar-refractivity contribution in [1.82, 2.24) is 14.5 Å². The van der Waals surface area contributed by atoms with Crippen molar-refractivity contribution in [2.45, 2.75) is 26.3 Å². The molecule has 3 rings (SSSR count). The molecule has 0 unspecified atom stereocenters. The number of amides is 1. The second-order valence-corrected chi connectivity index (χ2v) is 5.08. The lowest BCUT2D eigenvalue weighted by Gasteiger charge is -2.16. The first-order valence-electron chi connectivity index (χ1n) is 6.65. The van der Waals surface area contributed by atoms with E-state index in [1.807, 2.05) is 34.6 Å². The molecule has 1 saturated heterocycles. The van der Waals surface area contributed by atoms with E-state index in [9.17, 15) is 4.79 Å². The number of aromatic nitrogens is 2. The Morgan fingerprint density at radius 3 is 2.84 bits per heavy atom. The molecule has 1 aromatic heterocycles. The SMILES string of the molecule is Cc1nc2cc(N)ccc2n1CC(=O)N1CCCC1. The highest BCUT2D eigenvalue weighted by atomic mass is 16.2. The fourth-order valence-corrected chi connectivity index (χ4v) is 2.67. The highest BCUT2D eigenvalue weighted by Gasteiger charge is 2.19. The van der Waals surface area contributed by atoms with E-state index in [1.165, 1.54) is 0 Å². The van der Waals surface area contributed by atoms with Crippen molar-refractivity contribution >= 4 is 22.6 Å². The van der Waals surface area contributed by atoms with Gasteiger partial charge in [-0.05, 0) is 38.0 Å². The van der Waals surface area contributed by atoms with Crippen molar-refractivity contribution in [3.8, 4) is 0 Å². The maximum absolute atomic E-state index is 12.2. The molecule has 0 spiro atoms. The standard InChI is InChI=1S/C14H18N4O/c1-10-16-12-8-11(15)4-5-13(12)18(10)9-14(19)17-6-2-3-7-17/h4-5,8H,2-3,6-7,9,15H2,1H3. The van der Waals surface area contributed by atoms with Gasteiger partial charge in [-0.3, -0.25) is 4.79 Å². The summed E-state index contributed by atoms with van der Waals surface area (Å²) in [5.41, 5.74) is 8.28. The number of carbonyl (C=O) groups is 1. The van der Waals surface area contributed by atoms with Crippen molar-refractivity contribution < 1.29 is 4.79 Å². The summed E-state index contributed by atoms with van der Waals surface area (Å²) in [5.74, 6) is 1.03. The van der Waals surface area contributed by atoms with Crippen LogP contribution in [0.2, 0.25) is 0 Å². The average Bonchev–Trinajstić information content (AvgIpc) is 2.98. The monoisotopic (exact) mass is 258 g/mol. The molecule has 100 valence electrons. The summed E-state index contributed by atoms with van der Waals surface area (Å²) in [6.45, 7) is 4.06. The molecule has 19 heavy (non-hydrogen) atoms. The van der Waals surface area contributed by atoms with Crippen LogP contribution in [0.5, 0.6) is 0 Å². The van der Waals surface area contributed by atoms with Crippen LogP contribution in [0.25, 0.3) is 11.0 Å². The molecule has 2 N–H and O–H groups in total. The second-order valence-electron chi connectivity index (χ2n) is 5.08. The number of rotatable bonds is 2. The van der Waals surface area contributed by atoms with Gasteiger partial charge in [0.15, 0.2) is 0 Å². The number of carbonyl (C=O) groups excluding carboxylic acids is 1. The number of imidazole rings is 1. The maximum atomic E-state index is 12.2. The molecule has 0 aliphatic carbocycles. The highest BCUT2D eigenvalue weighted by Crippen LogP contribution is 2.19. The third kappa shape index (κ3) is 2.16. The van der Waals surface area contributed by atoms with Crippen LogP contribution in [0.4, 0.5) is 5.69 Å². The fourth-order valence-electron chi connectivity index (χ4n) is 2.67. The molecule has 1 aliphatic rings. The van der Waals surface area contributed by atoms with Crippen LogP contribution in [0.3, 0.4) is 0 Å². The highest BCUT2D eigenvalue weighted by molar-refractivity contribution is 5.83. The molecule has 5 heteroatoms. The Hall–Kier alpha value is -2.04. The normalized spacial score (nSPS) is 15.3. The predicted molar refractivity (Wildman–Crippen MR) is 74.7 cm³/mol. The van der Waals surface area contributed by atoms with E-state index in [0.717, 1.165) is 42.8 Å². The summed E-state index contributed by atoms with van der Waals surface area (Å²) in [5, 5.41) is 0. The first kappa shape index (κ1) is 12.0. The number of likely N-dealkylation sites (tertiary alicyclic amines) is 1. The Morgan fingerprint density at radius 1 is 1.37 bits per heavy atom. The molecule has 1 aliphatic heterocycles. The molecule has 1 fully saturated rings. The van der Waals surface area contributed by atoms with E-state index >= 15 is 0 Å². The molecule has 5 nitrogen and oxygen atoms in total. The average molecular weight is 258 g/mol. The van der Waals surface area contributed by atoms with Crippen LogP contribution in [0.15, 0.2) is 18.2 Å². The Morgan fingerprint density at radius 2 is 2.11 bits per heavy atom. The van der Waals surface area contributed by atoms with E-state index in [0.29, 0.717) is 12.2 Å². The van der Waals surface area contributed by atoms with Gasteiger partial charge in [-0.25, -0.2) is 4.98 Å². The number of fused-ring (bicyclic) bond motifs is 1. The van der Waals surface area contributed by atoms with Crippen molar-refractivity contribution in [3.05, 3.63) is 24.0 Å². The van der Waals surface area contributed by atoms with Gasteiger partial charge in [0, 0.05) is 18.8 Å². The number of nitrogen functional groups attached to an aromatic ring is 1. The number of aryl methyl sites for hydroxylation is 1. The Labute approximate surface area is 112 Å². The lowest BCUT2D eigenvalue weighted by molar-refractivity contribution is -0.130. The minimum absolute atomic E-state index is 0.178. The molecule has 0 bridgehead atoms. The van der Waals surface area contributed by atoms with Crippen molar-refractivity contribution in [1.29, 1.82) is 0 Å². The summed E-state index contributed by atoms with van der Waals surface area (Å²) in [6.07, 6.45) is 2.23. The summed E-state index contributed by atoms with van der Waals surface area (Å²) in [4.78, 5) is 18.6. The lowest BCUT2D eigenvalue weighted by Crippen LogP contribution is -2.31. The molecule has 0 saturated carbocycles. The number of nitrogens with zero attached hydrogens (tertiary/aromatic N) is 3. The van der Waals surface area contributed by atoms with Gasteiger partial charge >= 0.3 is 0 Å². The van der Waals surface area contributed by atoms with Gasteiger partial charge in [0.05, 0.1) is 11.0 Å². The van der Waals surface area contributed by atoms with E-state index in [4.69, 9.17) is 5.73 Å². The fraction of sp³-hybridized carbons (Fsp3) is 0.429. The van der Waals surface area contributed by atoms with E-state index in [1.54, 1.807) is 0 Å². The molecular weight excluding hydrogens is 240 g/mol. The van der Waals surface area contributed by atoms with Crippen LogP contribution in [0.1, 0.15) is 18.7 Å². The van der Waals surface area contributed by atoms with Crippen LogP contribution < -0.4 is 5.73 Å². The van der Waals surface area contributed by atoms with Gasteiger partial charge in [-0.1, -0.05) is 0 Å². The first-order chi connectivity index (χ1) is 9.15. The number of benzene rings is 1. The largest absolute Gasteiger partial charge is 0.399 e. The number of hydrogen-bond donors (Lipinski definition) is 1. The minimum Gasteiger partial charge on any atom is -0.399 e. The topological polar surface area (TPSA) is 64.1 Å². The van der Waals surface area contributed by atoms with E-state index in [2.05, 4.69) is 4.98 Å². The predicted octanol–water partition coefficient (Wildman–Crippen LogP) is 1.55. The number of nitrogens with two attached hydrogens (primary N) is 1. The Bertz CT molecular complexity index is 626. The van der Waals surface area contributed by atoms with Gasteiger partial charge < -0.3 is 15.2 Å². The Balaban J connectivity index is 1.91. The summed E-state index contributed by atoms with van der Waals surface area (Å²) < 4.78 is 1.97. The van der Waals surface area contributed by atoms with Crippen LogP contribution in [0, 0.1) is 6.92 Å². The number of hydrogen-bond acceptors (Lipinski definition) is 3. The van der Waals surface area contributed by atoms with Crippen molar-refractivity contribution in [2.75, 3.05) is 18.8 Å². The molecule has 2 aromatic rings. The summed E-state index contributed by atoms with van der Waals surface area (Å²) in [7, 11) is 0. The van der Waals surface area contributed by atoms with Crippen LogP contribution in [-0.4, -0.2) is 33.4 Å². The molecular formula is C14H18N4O. The van der Waals surface area contributed by atoms with Gasteiger partial charge in [-0.2, -0.15) is 0 Å². The quantitative estimate of drug-likeness (QED) is 0.831. The third-order valence-electron chi connectivity index (χ3n) is 3.72. The first-order valence-corrected chi connectivity index (χ1v) is 6.65. The molecule has 2 heterocycles. The molecule has 0 radical (unpaired) electrons. The summed E-state index contributed by atoms with van der Waals surface area (Å²) in [6, 6.07) is 5.63. The molecule has 1 aromatic carbocycles. The second kappa shape index (κ2) is 4.57. The number of anilines is 1. The van der Waals surface area contributed by atoms with Gasteiger partial charge in [0.2, 0.25) is 5.91 Å². The zero-order valence-corrected chi connectivity index (χ0v) is 11.1. The molecule has 1 amide bonds. The van der Waals surface area contributed by atoms with Crippen molar-refractivity contribution in [2.24, 2.45) is 0 Å². The van der Waals surface area contributed by atoms with Crippen molar-refractivity contribution in [3.63, 3.8) is 0 Å². The zero-order valence-electron chi connectivity index (χ0n) is 11.1. The van der Waals surface area contributed by atoms with E-state index < -0.39 is 0 Å². The smallest absolute Gasteiger partial charge is 0.242 e. The molecule has 0 atom stereocenters. The maximum Gasteiger partial charge on any atom is 0.242 e. The van der Waals surface area contributed by atoms with Crippen LogP contribution >= 0.6 is 0 Å². The van der Waals surface area contributed by atoms with Gasteiger partial charge in [0.1, 0.15) is 12.4 Å². The van der Waals surface area contributed by atoms with Gasteiger partial charge in [0.25, 0.3) is 0 Å². The zero-order chi connectivity index (χ0) is 13.4. The third-order valence-corrected chi connectivity index (χ3v) is 3.72.